The summed E-state index contributed by atoms with van der Waals surface area (Å²) in [5.74, 6) is 6.38. The number of fused-ring (bicyclic) bond motifs is 3. The number of aryl methyl sites for hydroxylation is 1. The van der Waals surface area contributed by atoms with E-state index in [1.54, 1.807) is 13.0 Å². The van der Waals surface area contributed by atoms with Crippen molar-refractivity contribution in [3.05, 3.63) is 77.2 Å². The van der Waals surface area contributed by atoms with E-state index in [1.165, 1.54) is 23.4 Å². The molecule has 1 amide bonds. The number of carbonyl (C=O) groups excluding carboxylic acids is 1. The Morgan fingerprint density at radius 3 is 2.76 bits per heavy atom. The second-order valence-corrected chi connectivity index (χ2v) is 9.55. The van der Waals surface area contributed by atoms with Gasteiger partial charge in [0.25, 0.3) is 5.91 Å². The zero-order chi connectivity index (χ0) is 23.8. The highest BCUT2D eigenvalue weighted by atomic mass is 16.5. The van der Waals surface area contributed by atoms with Crippen LogP contribution in [0.25, 0.3) is 0 Å². The summed E-state index contributed by atoms with van der Waals surface area (Å²) in [6.45, 7) is 1.78. The average molecular weight is 457 g/mol. The third kappa shape index (κ3) is 4.08. The van der Waals surface area contributed by atoms with Crippen LogP contribution in [0.15, 0.2) is 59.3 Å². The molecule has 0 saturated heterocycles. The van der Waals surface area contributed by atoms with E-state index in [-0.39, 0.29) is 23.0 Å². The Hall–Kier alpha value is -3.56. The summed E-state index contributed by atoms with van der Waals surface area (Å²) in [5, 5.41) is 27.6. The minimum Gasteiger partial charge on any atom is -0.508 e. The van der Waals surface area contributed by atoms with Gasteiger partial charge in [-0.1, -0.05) is 29.3 Å². The first-order valence-corrected chi connectivity index (χ1v) is 11.7. The van der Waals surface area contributed by atoms with E-state index in [0.29, 0.717) is 24.3 Å². The molecule has 0 spiro atoms. The number of aliphatic hydroxyl groups is 1. The average Bonchev–Trinajstić information content (AvgIpc) is 3.36. The summed E-state index contributed by atoms with van der Waals surface area (Å²) in [6, 6.07) is 15.1. The minimum absolute atomic E-state index is 0.131. The lowest BCUT2D eigenvalue weighted by molar-refractivity contribution is -0.00804. The maximum atomic E-state index is 12.2. The first-order valence-electron chi connectivity index (χ1n) is 11.7. The maximum Gasteiger partial charge on any atom is 0.294 e. The molecule has 34 heavy (non-hydrogen) atoms. The molecule has 1 heterocycles. The van der Waals surface area contributed by atoms with Crippen molar-refractivity contribution in [3.63, 3.8) is 0 Å². The Kier molecular flexibility index (Phi) is 5.66. The molecule has 5 rings (SSSR count). The van der Waals surface area contributed by atoms with E-state index in [0.717, 1.165) is 31.2 Å². The van der Waals surface area contributed by atoms with Gasteiger partial charge in [0.2, 0.25) is 5.76 Å². The van der Waals surface area contributed by atoms with Crippen LogP contribution in [-0.4, -0.2) is 26.9 Å². The van der Waals surface area contributed by atoms with Crippen LogP contribution in [0.2, 0.25) is 0 Å². The molecule has 174 valence electrons. The molecular formula is C28H28N2O4. The molecule has 1 aromatic heterocycles. The second kappa shape index (κ2) is 8.66. The van der Waals surface area contributed by atoms with Gasteiger partial charge in [0.15, 0.2) is 0 Å². The van der Waals surface area contributed by atoms with Crippen LogP contribution in [0.1, 0.15) is 59.9 Å². The molecule has 6 nitrogen and oxygen atoms in total. The first-order chi connectivity index (χ1) is 16.4. The monoisotopic (exact) mass is 456 g/mol. The number of nitrogens with zero attached hydrogens (tertiary/aromatic N) is 1. The molecule has 3 N–H and O–H groups in total. The number of nitrogens with one attached hydrogen (secondary N) is 1. The fourth-order valence-electron chi connectivity index (χ4n) is 5.94. The van der Waals surface area contributed by atoms with Crippen LogP contribution in [0.4, 0.5) is 5.69 Å². The smallest absolute Gasteiger partial charge is 0.294 e. The molecule has 2 aliphatic carbocycles. The molecule has 3 aromatic rings. The zero-order valence-electron chi connectivity index (χ0n) is 19.2. The summed E-state index contributed by atoms with van der Waals surface area (Å²) < 4.78 is 4.92. The van der Waals surface area contributed by atoms with Crippen molar-refractivity contribution in [3.8, 4) is 17.6 Å². The van der Waals surface area contributed by atoms with Gasteiger partial charge >= 0.3 is 0 Å². The number of aromatic nitrogens is 1. The third-order valence-corrected chi connectivity index (χ3v) is 7.49. The van der Waals surface area contributed by atoms with E-state index in [1.807, 2.05) is 30.3 Å². The summed E-state index contributed by atoms with van der Waals surface area (Å²) in [7, 11) is 0. The number of rotatable bonds is 4. The Labute approximate surface area is 199 Å². The first kappa shape index (κ1) is 22.2. The van der Waals surface area contributed by atoms with Crippen molar-refractivity contribution >= 4 is 11.6 Å². The second-order valence-electron chi connectivity index (χ2n) is 9.55. The number of aromatic hydroxyl groups is 1. The summed E-state index contributed by atoms with van der Waals surface area (Å²) in [6.07, 6.45) is 6.20. The predicted octanol–water partition coefficient (Wildman–Crippen LogP) is 4.61. The van der Waals surface area contributed by atoms with Gasteiger partial charge in [-0.2, -0.15) is 0 Å². The molecule has 0 aliphatic heterocycles. The van der Waals surface area contributed by atoms with Gasteiger partial charge in [-0.15, -0.1) is 5.92 Å². The van der Waals surface area contributed by atoms with Crippen LogP contribution in [-0.2, 0) is 18.3 Å². The fraction of sp³-hybridized carbons (Fsp3) is 0.357. The van der Waals surface area contributed by atoms with Crippen LogP contribution < -0.4 is 5.32 Å². The molecule has 3 atom stereocenters. The van der Waals surface area contributed by atoms with Crippen molar-refractivity contribution in [1.82, 2.24) is 5.16 Å². The normalized spacial score (nSPS) is 25.4. The van der Waals surface area contributed by atoms with Crippen molar-refractivity contribution in [2.75, 3.05) is 5.32 Å². The highest BCUT2D eigenvalue weighted by Gasteiger charge is 2.51. The highest BCUT2D eigenvalue weighted by Crippen LogP contribution is 2.54. The van der Waals surface area contributed by atoms with Crippen LogP contribution >= 0.6 is 0 Å². The lowest BCUT2D eigenvalue weighted by Crippen LogP contribution is -2.50. The lowest BCUT2D eigenvalue weighted by atomic mass is 9.52. The molecule has 0 unspecified atom stereocenters. The molecule has 6 heteroatoms. The number of hydrogen-bond donors (Lipinski definition) is 3. The van der Waals surface area contributed by atoms with Crippen LogP contribution in [0.3, 0.4) is 0 Å². The molecule has 1 fully saturated rings. The Morgan fingerprint density at radius 2 is 2.03 bits per heavy atom. The third-order valence-electron chi connectivity index (χ3n) is 7.49. The Morgan fingerprint density at radius 1 is 1.21 bits per heavy atom. The number of amides is 1. The molecule has 2 aromatic carbocycles. The molecule has 0 radical (unpaired) electrons. The van der Waals surface area contributed by atoms with Crippen molar-refractivity contribution in [2.45, 2.75) is 56.5 Å². The molecule has 2 aliphatic rings. The van der Waals surface area contributed by atoms with Crippen molar-refractivity contribution < 1.29 is 19.5 Å². The largest absolute Gasteiger partial charge is 0.508 e. The van der Waals surface area contributed by atoms with Gasteiger partial charge < -0.3 is 20.1 Å². The van der Waals surface area contributed by atoms with E-state index in [2.05, 4.69) is 28.4 Å². The van der Waals surface area contributed by atoms with Gasteiger partial charge in [-0.05, 0) is 92.3 Å². The lowest BCUT2D eigenvalue weighted by Gasteiger charge is -2.52. The number of phenolic OH excluding ortho intramolecular Hbond substituents is 1. The SMILES string of the molecule is CC#C[C@@]1(O)CC[C@]2(Cc3ccc(NC(=O)c4ccno4)cc3)c3ccc(O)cc3CC[C@H]2C1. The summed E-state index contributed by atoms with van der Waals surface area (Å²) in [5.41, 5.74) is 3.25. The number of hydrogen-bond acceptors (Lipinski definition) is 5. The number of carbonyl (C=O) groups is 1. The van der Waals surface area contributed by atoms with Gasteiger partial charge in [0, 0.05) is 17.2 Å². The van der Waals surface area contributed by atoms with Crippen LogP contribution in [0.5, 0.6) is 5.75 Å². The van der Waals surface area contributed by atoms with Gasteiger partial charge in [-0.25, -0.2) is 0 Å². The number of phenols is 1. The molecule has 0 bridgehead atoms. The van der Waals surface area contributed by atoms with Crippen molar-refractivity contribution in [2.24, 2.45) is 5.92 Å². The summed E-state index contributed by atoms with van der Waals surface area (Å²) in [4.78, 5) is 12.2. The number of benzene rings is 2. The standard InChI is InChI=1S/C28H28N2O4/c1-2-12-27(33)13-14-28(21(18-27)6-5-20-16-23(31)9-10-24(20)28)17-19-3-7-22(8-4-19)30-26(32)25-11-15-29-34-25/h3-4,7-11,15-16,21,31,33H,5-6,13-14,17-18H2,1H3,(H,30,32)/t21-,27+,28+/m0/s1. The molecule has 1 saturated carbocycles. The van der Waals surface area contributed by atoms with Gasteiger partial charge in [0.05, 0.1) is 6.20 Å². The topological polar surface area (TPSA) is 95.6 Å². The minimum atomic E-state index is -0.938. The van der Waals surface area contributed by atoms with E-state index < -0.39 is 5.60 Å². The fourth-order valence-corrected chi connectivity index (χ4v) is 5.94. The zero-order valence-corrected chi connectivity index (χ0v) is 19.2. The van der Waals surface area contributed by atoms with Crippen LogP contribution in [0, 0.1) is 17.8 Å². The quantitative estimate of drug-likeness (QED) is 0.498. The van der Waals surface area contributed by atoms with E-state index in [9.17, 15) is 15.0 Å². The highest BCUT2D eigenvalue weighted by molar-refractivity contribution is 6.02. The number of anilines is 1. The van der Waals surface area contributed by atoms with Gasteiger partial charge in [0.1, 0.15) is 11.4 Å². The van der Waals surface area contributed by atoms with Gasteiger partial charge in [-0.3, -0.25) is 4.79 Å². The Balaban J connectivity index is 1.44. The van der Waals surface area contributed by atoms with E-state index in [4.69, 9.17) is 4.52 Å². The maximum absolute atomic E-state index is 12.2. The molecular weight excluding hydrogens is 428 g/mol. The van der Waals surface area contributed by atoms with E-state index >= 15 is 0 Å². The van der Waals surface area contributed by atoms with Crippen molar-refractivity contribution in [1.29, 1.82) is 0 Å². The summed E-state index contributed by atoms with van der Waals surface area (Å²) >= 11 is 0. The Bertz CT molecular complexity index is 1260. The predicted molar refractivity (Wildman–Crippen MR) is 128 cm³/mol.